The van der Waals surface area contributed by atoms with Crippen LogP contribution < -0.4 is 16.2 Å². The zero-order valence-corrected chi connectivity index (χ0v) is 13.0. The molecule has 3 amide bonds. The number of carbonyl (C=O) groups excluding carboxylic acids is 3. The summed E-state index contributed by atoms with van der Waals surface area (Å²) < 4.78 is 13.8. The van der Waals surface area contributed by atoms with Crippen molar-refractivity contribution in [2.24, 2.45) is 5.73 Å². The van der Waals surface area contributed by atoms with Crippen molar-refractivity contribution in [1.82, 2.24) is 5.43 Å². The van der Waals surface area contributed by atoms with Gasteiger partial charge >= 0.3 is 6.03 Å². The Morgan fingerprint density at radius 1 is 1.39 bits per heavy atom. The van der Waals surface area contributed by atoms with Gasteiger partial charge in [-0.15, -0.1) is 11.3 Å². The topological polar surface area (TPSA) is 92.5 Å². The molecular formula is C14H9ClFN3O3S. The smallest absolute Gasteiger partial charge is 0.331 e. The van der Waals surface area contributed by atoms with Crippen molar-refractivity contribution in [3.63, 3.8) is 0 Å². The van der Waals surface area contributed by atoms with E-state index in [1.54, 1.807) is 17.5 Å². The summed E-state index contributed by atoms with van der Waals surface area (Å²) in [6, 6.07) is 4.43. The summed E-state index contributed by atoms with van der Waals surface area (Å²) in [5, 5.41) is 2.27. The number of hydrogen-bond acceptors (Lipinski definition) is 4. The second kappa shape index (κ2) is 5.64. The summed E-state index contributed by atoms with van der Waals surface area (Å²) in [4.78, 5) is 36.6. The minimum absolute atomic E-state index is 0.120. The predicted molar refractivity (Wildman–Crippen MR) is 83.0 cm³/mol. The molecule has 118 valence electrons. The molecule has 1 aliphatic rings. The van der Waals surface area contributed by atoms with E-state index in [1.165, 1.54) is 6.07 Å². The number of rotatable bonds is 3. The lowest BCUT2D eigenvalue weighted by Crippen LogP contribution is -2.48. The third-order valence-electron chi connectivity index (χ3n) is 3.34. The van der Waals surface area contributed by atoms with Crippen molar-refractivity contribution in [2.75, 3.05) is 5.01 Å². The summed E-state index contributed by atoms with van der Waals surface area (Å²) in [5.74, 6) is -3.23. The van der Waals surface area contributed by atoms with Crippen molar-refractivity contribution in [3.8, 4) is 0 Å². The number of benzene rings is 1. The van der Waals surface area contributed by atoms with Crippen LogP contribution in [0.4, 0.5) is 14.9 Å². The van der Waals surface area contributed by atoms with E-state index in [-0.39, 0.29) is 16.3 Å². The van der Waals surface area contributed by atoms with Crippen LogP contribution >= 0.6 is 22.9 Å². The fraction of sp³-hybridized carbons (Fsp3) is 0.0714. The zero-order valence-electron chi connectivity index (χ0n) is 11.4. The average molecular weight is 354 g/mol. The number of thiophene rings is 1. The van der Waals surface area contributed by atoms with Gasteiger partial charge in [-0.25, -0.2) is 19.6 Å². The van der Waals surface area contributed by atoms with E-state index in [4.69, 9.17) is 17.3 Å². The number of primary amides is 1. The van der Waals surface area contributed by atoms with E-state index in [0.717, 1.165) is 22.4 Å². The Hall–Kier alpha value is -2.45. The Kier molecular flexibility index (Phi) is 3.78. The summed E-state index contributed by atoms with van der Waals surface area (Å²) in [7, 11) is 0. The van der Waals surface area contributed by atoms with E-state index in [9.17, 15) is 18.8 Å². The maximum Gasteiger partial charge on any atom is 0.331 e. The number of nitrogens with one attached hydrogen (secondary N) is 1. The molecule has 23 heavy (non-hydrogen) atoms. The van der Waals surface area contributed by atoms with Crippen LogP contribution in [0.15, 0.2) is 29.6 Å². The Morgan fingerprint density at radius 3 is 2.74 bits per heavy atom. The first kappa shape index (κ1) is 15.4. The van der Waals surface area contributed by atoms with E-state index in [2.05, 4.69) is 5.43 Å². The molecule has 0 radical (unpaired) electrons. The van der Waals surface area contributed by atoms with E-state index in [0.29, 0.717) is 4.88 Å². The second-order valence-corrected chi connectivity index (χ2v) is 6.10. The summed E-state index contributed by atoms with van der Waals surface area (Å²) >= 11 is 6.89. The lowest BCUT2D eigenvalue weighted by molar-refractivity contribution is -0.118. The van der Waals surface area contributed by atoms with Crippen molar-refractivity contribution < 1.29 is 18.8 Å². The number of carbonyl (C=O) groups is 3. The first-order chi connectivity index (χ1) is 10.9. The van der Waals surface area contributed by atoms with Crippen LogP contribution in [0.1, 0.15) is 21.2 Å². The van der Waals surface area contributed by atoms with Crippen molar-refractivity contribution >= 4 is 46.3 Å². The van der Waals surface area contributed by atoms with Crippen LogP contribution in [-0.4, -0.2) is 17.7 Å². The molecule has 1 unspecified atom stereocenters. The third kappa shape index (κ3) is 2.55. The van der Waals surface area contributed by atoms with Gasteiger partial charge in [0.25, 0.3) is 5.91 Å². The molecule has 3 N–H and O–H groups in total. The zero-order chi connectivity index (χ0) is 16.7. The first-order valence-corrected chi connectivity index (χ1v) is 7.62. The number of anilines is 1. The Balaban J connectivity index is 2.12. The lowest BCUT2D eigenvalue weighted by Gasteiger charge is -2.17. The molecule has 2 aromatic rings. The molecule has 3 rings (SSSR count). The molecular weight excluding hydrogens is 345 g/mol. The molecule has 1 aromatic heterocycles. The summed E-state index contributed by atoms with van der Waals surface area (Å²) in [6.07, 6.45) is 0. The van der Waals surface area contributed by atoms with Crippen molar-refractivity contribution in [3.05, 3.63) is 50.9 Å². The molecule has 1 aromatic carbocycles. The van der Waals surface area contributed by atoms with Gasteiger partial charge in [0.1, 0.15) is 11.7 Å². The first-order valence-electron chi connectivity index (χ1n) is 6.37. The number of ketones is 1. The maximum absolute atomic E-state index is 13.8. The fourth-order valence-electron chi connectivity index (χ4n) is 2.40. The predicted octanol–water partition coefficient (Wildman–Crippen LogP) is 2.44. The van der Waals surface area contributed by atoms with Crippen molar-refractivity contribution in [1.29, 1.82) is 0 Å². The van der Waals surface area contributed by atoms with Crippen LogP contribution in [0.5, 0.6) is 0 Å². The number of fused-ring (bicyclic) bond motifs is 1. The van der Waals surface area contributed by atoms with Crippen molar-refractivity contribution in [2.45, 2.75) is 5.92 Å². The highest BCUT2D eigenvalue weighted by atomic mass is 35.5. The lowest BCUT2D eigenvalue weighted by atomic mass is 9.95. The summed E-state index contributed by atoms with van der Waals surface area (Å²) in [5.41, 5.74) is 7.41. The normalized spacial score (nSPS) is 16.3. The largest absolute Gasteiger partial charge is 0.350 e. The van der Waals surface area contributed by atoms with Gasteiger partial charge in [-0.2, -0.15) is 0 Å². The molecule has 0 aliphatic carbocycles. The molecule has 6 nitrogen and oxygen atoms in total. The third-order valence-corrected chi connectivity index (χ3v) is 4.51. The highest BCUT2D eigenvalue weighted by Gasteiger charge is 2.44. The monoisotopic (exact) mass is 353 g/mol. The highest BCUT2D eigenvalue weighted by Crippen LogP contribution is 2.41. The van der Waals surface area contributed by atoms with Gasteiger partial charge in [-0.05, 0) is 23.6 Å². The Bertz CT molecular complexity index is 825. The van der Waals surface area contributed by atoms with E-state index < -0.39 is 29.5 Å². The number of amides is 3. The number of Topliss-reactive ketones (excluding diaryl/α,β-unsaturated/α-hetero) is 1. The minimum Gasteiger partial charge on any atom is -0.350 e. The van der Waals surface area contributed by atoms with Gasteiger partial charge in [0.15, 0.2) is 5.78 Å². The van der Waals surface area contributed by atoms with Crippen LogP contribution in [0.3, 0.4) is 0 Å². The Morgan fingerprint density at radius 2 is 2.13 bits per heavy atom. The molecule has 9 heteroatoms. The van der Waals surface area contributed by atoms with Crippen LogP contribution in [0.25, 0.3) is 0 Å². The van der Waals surface area contributed by atoms with Gasteiger partial charge in [0.05, 0.1) is 15.6 Å². The number of nitrogens with zero attached hydrogens (tertiary/aromatic N) is 1. The minimum atomic E-state index is -1.26. The van der Waals surface area contributed by atoms with Gasteiger partial charge in [-0.3, -0.25) is 9.59 Å². The van der Waals surface area contributed by atoms with Gasteiger partial charge in [0, 0.05) is 5.56 Å². The molecule has 2 heterocycles. The number of hydrogen-bond donors (Lipinski definition) is 2. The summed E-state index contributed by atoms with van der Waals surface area (Å²) in [6.45, 7) is 0. The maximum atomic E-state index is 13.8. The van der Waals surface area contributed by atoms with Gasteiger partial charge in [0.2, 0.25) is 0 Å². The van der Waals surface area contributed by atoms with Crippen LogP contribution in [0.2, 0.25) is 5.02 Å². The number of hydrazine groups is 1. The molecule has 0 fully saturated rings. The number of nitrogens with two attached hydrogens (primary N) is 1. The van der Waals surface area contributed by atoms with Crippen LogP contribution in [-0.2, 0) is 4.79 Å². The number of urea groups is 1. The van der Waals surface area contributed by atoms with Crippen LogP contribution in [0, 0.1) is 5.82 Å². The fourth-order valence-corrected chi connectivity index (χ4v) is 3.25. The SMILES string of the molecule is NC(=O)NN1C(=O)C(C(=O)c2cccs2)c2cc(F)c(Cl)cc21. The Labute approximate surface area is 138 Å². The van der Waals surface area contributed by atoms with Gasteiger partial charge < -0.3 is 5.73 Å². The molecule has 1 aliphatic heterocycles. The molecule has 0 bridgehead atoms. The standard InChI is InChI=1S/C14H9ClFN3O3S/c15-7-5-9-6(4-8(7)16)11(12(20)10-2-1-3-23-10)13(21)19(9)18-14(17)22/h1-5,11H,(H3,17,18,22). The molecule has 1 atom stereocenters. The molecule has 0 saturated heterocycles. The van der Waals surface area contributed by atoms with E-state index >= 15 is 0 Å². The average Bonchev–Trinajstić information content (AvgIpc) is 3.09. The van der Waals surface area contributed by atoms with Gasteiger partial charge in [-0.1, -0.05) is 17.7 Å². The second-order valence-electron chi connectivity index (χ2n) is 4.75. The van der Waals surface area contributed by atoms with E-state index in [1.807, 2.05) is 0 Å². The quantitative estimate of drug-likeness (QED) is 0.655. The molecule has 0 saturated carbocycles. The molecule has 0 spiro atoms. The highest BCUT2D eigenvalue weighted by molar-refractivity contribution is 7.12. The number of halogens is 2.